The Bertz CT molecular complexity index is 488. The predicted molar refractivity (Wildman–Crippen MR) is 52.5 cm³/mol. The van der Waals surface area contributed by atoms with Crippen LogP contribution in [0.3, 0.4) is 0 Å². The van der Waals surface area contributed by atoms with E-state index in [2.05, 4.69) is 5.32 Å². The molecule has 14 heavy (non-hydrogen) atoms. The molecule has 2 N–H and O–H groups in total. The minimum Gasteiger partial charge on any atom is -0.428 e. The molecule has 0 aliphatic heterocycles. The van der Waals surface area contributed by atoms with E-state index in [1.165, 1.54) is 6.20 Å². The summed E-state index contributed by atoms with van der Waals surface area (Å²) in [5.41, 5.74) is 1.11. The van der Waals surface area contributed by atoms with Crippen LogP contribution in [0.5, 0.6) is 0 Å². The molecule has 72 valence electrons. The first-order chi connectivity index (χ1) is 6.74. The van der Waals surface area contributed by atoms with E-state index >= 15 is 0 Å². The van der Waals surface area contributed by atoms with Crippen molar-refractivity contribution in [3.63, 3.8) is 0 Å². The summed E-state index contributed by atoms with van der Waals surface area (Å²) in [5.74, 6) is -0.200. The van der Waals surface area contributed by atoms with Gasteiger partial charge in [-0.2, -0.15) is 4.73 Å². The lowest BCUT2D eigenvalue weighted by atomic mass is 10.2. The van der Waals surface area contributed by atoms with Crippen LogP contribution in [0.2, 0.25) is 0 Å². The van der Waals surface area contributed by atoms with E-state index in [9.17, 15) is 10.0 Å². The van der Waals surface area contributed by atoms with Crippen molar-refractivity contribution in [1.82, 2.24) is 10.0 Å². The van der Waals surface area contributed by atoms with Crippen molar-refractivity contribution < 1.29 is 10.0 Å². The van der Waals surface area contributed by atoms with Gasteiger partial charge in [-0.25, -0.2) is 0 Å². The third kappa shape index (κ3) is 1.12. The summed E-state index contributed by atoms with van der Waals surface area (Å²) in [6, 6.07) is 7.19. The molecule has 0 aliphatic carbocycles. The smallest absolute Gasteiger partial charge is 0.253 e. The number of fused-ring (bicyclic) bond motifs is 1. The van der Waals surface area contributed by atoms with E-state index in [0.717, 1.165) is 10.1 Å². The second-order valence-electron chi connectivity index (χ2n) is 2.98. The fourth-order valence-corrected chi connectivity index (χ4v) is 1.48. The maximum absolute atomic E-state index is 11.4. The standard InChI is InChI=1S/C10H10N2O2/c1-11-10(13)8-6-12(14)9-5-3-2-4-7(8)9/h2-6,14H,1H3,(H,11,13). The molecule has 0 aliphatic rings. The van der Waals surface area contributed by atoms with Crippen LogP contribution in [0.15, 0.2) is 30.5 Å². The summed E-state index contributed by atoms with van der Waals surface area (Å²) < 4.78 is 0.958. The molecule has 2 rings (SSSR count). The number of carbonyl (C=O) groups is 1. The van der Waals surface area contributed by atoms with E-state index < -0.39 is 0 Å². The zero-order valence-electron chi connectivity index (χ0n) is 7.69. The summed E-state index contributed by atoms with van der Waals surface area (Å²) in [6.45, 7) is 0. The fourth-order valence-electron chi connectivity index (χ4n) is 1.48. The first kappa shape index (κ1) is 8.62. The normalized spacial score (nSPS) is 10.4. The van der Waals surface area contributed by atoms with Crippen molar-refractivity contribution >= 4 is 16.8 Å². The first-order valence-corrected chi connectivity index (χ1v) is 4.25. The van der Waals surface area contributed by atoms with Gasteiger partial charge in [0, 0.05) is 12.4 Å². The lowest BCUT2D eigenvalue weighted by Crippen LogP contribution is -2.17. The summed E-state index contributed by atoms with van der Waals surface area (Å²) in [7, 11) is 1.56. The van der Waals surface area contributed by atoms with Crippen LogP contribution in [0.25, 0.3) is 10.9 Å². The van der Waals surface area contributed by atoms with Gasteiger partial charge in [-0.05, 0) is 6.07 Å². The van der Waals surface area contributed by atoms with E-state index in [-0.39, 0.29) is 5.91 Å². The Morgan fingerprint density at radius 2 is 2.14 bits per heavy atom. The molecule has 0 saturated heterocycles. The van der Waals surface area contributed by atoms with E-state index in [1.807, 2.05) is 12.1 Å². The topological polar surface area (TPSA) is 54.3 Å². The Balaban J connectivity index is 2.72. The SMILES string of the molecule is CNC(=O)c1cn(O)c2ccccc12. The molecule has 1 heterocycles. The van der Waals surface area contributed by atoms with Crippen LogP contribution in [-0.4, -0.2) is 22.9 Å². The average Bonchev–Trinajstić information content (AvgIpc) is 2.56. The van der Waals surface area contributed by atoms with Crippen molar-refractivity contribution in [3.8, 4) is 0 Å². The molecule has 2 aromatic rings. The van der Waals surface area contributed by atoms with Crippen LogP contribution in [-0.2, 0) is 0 Å². The highest BCUT2D eigenvalue weighted by molar-refractivity contribution is 6.06. The summed E-state index contributed by atoms with van der Waals surface area (Å²) in [6.07, 6.45) is 1.41. The van der Waals surface area contributed by atoms with E-state index in [1.54, 1.807) is 19.2 Å². The van der Waals surface area contributed by atoms with Gasteiger partial charge in [0.1, 0.15) is 0 Å². The third-order valence-corrected chi connectivity index (χ3v) is 2.16. The molecule has 1 aromatic heterocycles. The Morgan fingerprint density at radius 1 is 1.43 bits per heavy atom. The number of para-hydroxylation sites is 1. The number of aromatic nitrogens is 1. The number of benzene rings is 1. The van der Waals surface area contributed by atoms with Gasteiger partial charge < -0.3 is 10.5 Å². The van der Waals surface area contributed by atoms with Gasteiger partial charge in [0.05, 0.1) is 17.3 Å². The molecule has 0 unspecified atom stereocenters. The maximum Gasteiger partial charge on any atom is 0.253 e. The summed E-state index contributed by atoms with van der Waals surface area (Å²) >= 11 is 0. The Morgan fingerprint density at radius 3 is 2.86 bits per heavy atom. The Kier molecular flexibility index (Phi) is 1.89. The molecule has 1 amide bonds. The number of rotatable bonds is 1. The van der Waals surface area contributed by atoms with Gasteiger partial charge in [0.2, 0.25) is 0 Å². The van der Waals surface area contributed by atoms with Crippen molar-refractivity contribution in [3.05, 3.63) is 36.0 Å². The van der Waals surface area contributed by atoms with Gasteiger partial charge in [0.25, 0.3) is 5.91 Å². The zero-order valence-corrected chi connectivity index (χ0v) is 7.69. The minimum absolute atomic E-state index is 0.200. The van der Waals surface area contributed by atoms with Crippen LogP contribution < -0.4 is 5.32 Å². The molecular formula is C10H10N2O2. The van der Waals surface area contributed by atoms with Crippen molar-refractivity contribution in [2.75, 3.05) is 7.05 Å². The highest BCUT2D eigenvalue weighted by Gasteiger charge is 2.12. The highest BCUT2D eigenvalue weighted by atomic mass is 16.5. The summed E-state index contributed by atoms with van der Waals surface area (Å²) in [4.78, 5) is 11.4. The van der Waals surface area contributed by atoms with Crippen molar-refractivity contribution in [2.45, 2.75) is 0 Å². The van der Waals surface area contributed by atoms with Crippen molar-refractivity contribution in [1.29, 1.82) is 0 Å². The van der Waals surface area contributed by atoms with Crippen molar-refractivity contribution in [2.24, 2.45) is 0 Å². The minimum atomic E-state index is -0.200. The summed E-state index contributed by atoms with van der Waals surface area (Å²) in [5, 5.41) is 12.7. The number of carbonyl (C=O) groups excluding carboxylic acids is 1. The molecule has 0 radical (unpaired) electrons. The van der Waals surface area contributed by atoms with Gasteiger partial charge in [-0.3, -0.25) is 4.79 Å². The van der Waals surface area contributed by atoms with Gasteiger partial charge >= 0.3 is 0 Å². The third-order valence-electron chi connectivity index (χ3n) is 2.16. The maximum atomic E-state index is 11.4. The van der Waals surface area contributed by atoms with Gasteiger partial charge in [-0.15, -0.1) is 0 Å². The molecule has 0 spiro atoms. The zero-order chi connectivity index (χ0) is 10.1. The molecule has 0 atom stereocenters. The van der Waals surface area contributed by atoms with Gasteiger partial charge in [-0.1, -0.05) is 18.2 Å². The largest absolute Gasteiger partial charge is 0.428 e. The number of nitrogens with one attached hydrogen (secondary N) is 1. The lowest BCUT2D eigenvalue weighted by molar-refractivity contribution is 0.0962. The first-order valence-electron chi connectivity index (χ1n) is 4.25. The molecule has 0 saturated carbocycles. The quantitative estimate of drug-likeness (QED) is 0.665. The van der Waals surface area contributed by atoms with E-state index in [0.29, 0.717) is 11.1 Å². The van der Waals surface area contributed by atoms with E-state index in [4.69, 9.17) is 0 Å². The molecular weight excluding hydrogens is 180 g/mol. The molecule has 0 fully saturated rings. The molecule has 1 aromatic carbocycles. The Hall–Kier alpha value is -1.97. The van der Waals surface area contributed by atoms with Crippen LogP contribution in [0, 0.1) is 0 Å². The van der Waals surface area contributed by atoms with Crippen LogP contribution in [0.4, 0.5) is 0 Å². The average molecular weight is 190 g/mol. The fraction of sp³-hybridized carbons (Fsp3) is 0.100. The predicted octanol–water partition coefficient (Wildman–Crippen LogP) is 1.24. The van der Waals surface area contributed by atoms with Crippen LogP contribution >= 0.6 is 0 Å². The highest BCUT2D eigenvalue weighted by Crippen LogP contribution is 2.19. The second-order valence-corrected chi connectivity index (χ2v) is 2.98. The lowest BCUT2D eigenvalue weighted by Gasteiger charge is -1.95. The van der Waals surface area contributed by atoms with Gasteiger partial charge in [0.15, 0.2) is 0 Å². The molecule has 0 bridgehead atoms. The second kappa shape index (κ2) is 3.06. The number of hydrogen-bond donors (Lipinski definition) is 2. The number of amides is 1. The monoisotopic (exact) mass is 190 g/mol. The molecule has 4 nitrogen and oxygen atoms in total. The van der Waals surface area contributed by atoms with Crippen LogP contribution in [0.1, 0.15) is 10.4 Å². The number of nitrogens with zero attached hydrogens (tertiary/aromatic N) is 1. The number of hydrogen-bond acceptors (Lipinski definition) is 2. The Labute approximate surface area is 80.7 Å². The molecule has 4 heteroatoms.